The Labute approximate surface area is 69.7 Å². The monoisotopic (exact) mass is 160 g/mol. The predicted molar refractivity (Wildman–Crippen MR) is 45.3 cm³/mol. The summed E-state index contributed by atoms with van der Waals surface area (Å²) >= 11 is 0. The van der Waals surface area contributed by atoms with E-state index in [4.69, 9.17) is 0 Å². The summed E-state index contributed by atoms with van der Waals surface area (Å²) in [7, 11) is 0. The van der Waals surface area contributed by atoms with Crippen molar-refractivity contribution < 1.29 is 4.79 Å². The van der Waals surface area contributed by atoms with Gasteiger partial charge < -0.3 is 0 Å². The van der Waals surface area contributed by atoms with Gasteiger partial charge in [-0.3, -0.25) is 9.20 Å². The highest BCUT2D eigenvalue weighted by molar-refractivity contribution is 5.74. The number of carbonyl (C=O) groups excluding carboxylic acids is 1. The van der Waals surface area contributed by atoms with Crippen LogP contribution in [0.4, 0.5) is 0 Å². The zero-order valence-electron chi connectivity index (χ0n) is 6.69. The van der Waals surface area contributed by atoms with Crippen molar-refractivity contribution in [3.05, 3.63) is 35.8 Å². The van der Waals surface area contributed by atoms with Gasteiger partial charge in [0, 0.05) is 12.4 Å². The summed E-state index contributed by atoms with van der Waals surface area (Å²) in [4.78, 5) is 14.7. The SMILES string of the molecule is Cc1cc(C=O)n2ccnc2c1. The molecule has 0 saturated heterocycles. The Bertz CT molecular complexity index is 431. The number of nitrogens with zero attached hydrogens (tertiary/aromatic N) is 2. The topological polar surface area (TPSA) is 34.4 Å². The average molecular weight is 160 g/mol. The molecule has 2 rings (SSSR count). The van der Waals surface area contributed by atoms with E-state index in [9.17, 15) is 4.79 Å². The summed E-state index contributed by atoms with van der Waals surface area (Å²) in [5, 5.41) is 0. The van der Waals surface area contributed by atoms with E-state index in [0.717, 1.165) is 17.5 Å². The first-order valence-electron chi connectivity index (χ1n) is 3.70. The Hall–Kier alpha value is -1.64. The lowest BCUT2D eigenvalue weighted by Gasteiger charge is -1.99. The highest BCUT2D eigenvalue weighted by Crippen LogP contribution is 2.07. The second-order valence-corrected chi connectivity index (χ2v) is 2.73. The van der Waals surface area contributed by atoms with Crippen molar-refractivity contribution in [1.82, 2.24) is 9.38 Å². The van der Waals surface area contributed by atoms with Gasteiger partial charge in [0.15, 0.2) is 6.29 Å². The lowest BCUT2D eigenvalue weighted by atomic mass is 10.2. The van der Waals surface area contributed by atoms with E-state index in [2.05, 4.69) is 4.98 Å². The minimum Gasteiger partial charge on any atom is -0.297 e. The highest BCUT2D eigenvalue weighted by atomic mass is 16.1. The Kier molecular flexibility index (Phi) is 1.43. The molecule has 0 amide bonds. The molecule has 12 heavy (non-hydrogen) atoms. The van der Waals surface area contributed by atoms with Crippen molar-refractivity contribution in [2.24, 2.45) is 0 Å². The molecule has 3 nitrogen and oxygen atoms in total. The van der Waals surface area contributed by atoms with Crippen LogP contribution in [0.2, 0.25) is 0 Å². The predicted octanol–water partition coefficient (Wildman–Crippen LogP) is 1.46. The number of aryl methyl sites for hydroxylation is 1. The minimum absolute atomic E-state index is 0.641. The van der Waals surface area contributed by atoms with E-state index in [-0.39, 0.29) is 0 Å². The third kappa shape index (κ3) is 0.906. The lowest BCUT2D eigenvalue weighted by Crippen LogP contribution is -1.94. The molecule has 2 heterocycles. The smallest absolute Gasteiger partial charge is 0.166 e. The molecule has 0 atom stereocenters. The normalized spacial score (nSPS) is 10.4. The molecule has 2 aromatic heterocycles. The molecule has 0 aromatic carbocycles. The molecule has 0 aliphatic heterocycles. The number of aldehydes is 1. The summed E-state index contributed by atoms with van der Waals surface area (Å²) in [5.74, 6) is 0. The summed E-state index contributed by atoms with van der Waals surface area (Å²) in [5.41, 5.74) is 2.51. The Morgan fingerprint density at radius 2 is 2.33 bits per heavy atom. The van der Waals surface area contributed by atoms with Gasteiger partial charge in [0.05, 0.1) is 5.69 Å². The molecule has 0 aliphatic rings. The van der Waals surface area contributed by atoms with Gasteiger partial charge in [0.2, 0.25) is 0 Å². The molecular formula is C9H8N2O. The number of hydrogen-bond acceptors (Lipinski definition) is 2. The van der Waals surface area contributed by atoms with E-state index in [1.165, 1.54) is 0 Å². The quantitative estimate of drug-likeness (QED) is 0.592. The van der Waals surface area contributed by atoms with E-state index in [0.29, 0.717) is 5.69 Å². The van der Waals surface area contributed by atoms with Crippen LogP contribution in [0.3, 0.4) is 0 Å². The first kappa shape index (κ1) is 7.03. The van der Waals surface area contributed by atoms with Crippen molar-refractivity contribution in [2.45, 2.75) is 6.92 Å². The van der Waals surface area contributed by atoms with E-state index < -0.39 is 0 Å². The molecule has 0 aliphatic carbocycles. The van der Waals surface area contributed by atoms with Crippen LogP contribution in [0.15, 0.2) is 24.5 Å². The standard InChI is InChI=1S/C9H8N2O/c1-7-4-8(6-12)11-3-2-10-9(11)5-7/h2-6H,1H3. The first-order chi connectivity index (χ1) is 5.81. The fourth-order valence-electron chi connectivity index (χ4n) is 1.28. The molecule has 0 radical (unpaired) electrons. The summed E-state index contributed by atoms with van der Waals surface area (Å²) in [6.45, 7) is 1.95. The van der Waals surface area contributed by atoms with Crippen LogP contribution >= 0.6 is 0 Å². The van der Waals surface area contributed by atoms with Crippen molar-refractivity contribution >= 4 is 11.9 Å². The zero-order valence-corrected chi connectivity index (χ0v) is 6.69. The summed E-state index contributed by atoms with van der Waals surface area (Å²) in [6.07, 6.45) is 4.29. The Morgan fingerprint density at radius 3 is 3.08 bits per heavy atom. The number of hydrogen-bond donors (Lipinski definition) is 0. The van der Waals surface area contributed by atoms with Gasteiger partial charge in [-0.2, -0.15) is 0 Å². The van der Waals surface area contributed by atoms with Crippen LogP contribution in [0.5, 0.6) is 0 Å². The summed E-state index contributed by atoms with van der Waals surface area (Å²) < 4.78 is 1.76. The van der Waals surface area contributed by atoms with E-state index in [1.54, 1.807) is 16.8 Å². The van der Waals surface area contributed by atoms with Crippen molar-refractivity contribution in [3.8, 4) is 0 Å². The van der Waals surface area contributed by atoms with Gasteiger partial charge in [-0.05, 0) is 24.6 Å². The van der Waals surface area contributed by atoms with Crippen LogP contribution < -0.4 is 0 Å². The fraction of sp³-hybridized carbons (Fsp3) is 0.111. The Balaban J connectivity index is 2.88. The number of pyridine rings is 1. The van der Waals surface area contributed by atoms with Crippen molar-refractivity contribution in [2.75, 3.05) is 0 Å². The number of carbonyl (C=O) groups is 1. The summed E-state index contributed by atoms with van der Waals surface area (Å²) in [6, 6.07) is 3.77. The third-order valence-corrected chi connectivity index (χ3v) is 1.80. The molecular weight excluding hydrogens is 152 g/mol. The van der Waals surface area contributed by atoms with Crippen molar-refractivity contribution in [1.29, 1.82) is 0 Å². The van der Waals surface area contributed by atoms with Gasteiger partial charge in [-0.1, -0.05) is 0 Å². The van der Waals surface area contributed by atoms with Crippen molar-refractivity contribution in [3.63, 3.8) is 0 Å². The number of imidazole rings is 1. The second kappa shape index (κ2) is 2.44. The zero-order chi connectivity index (χ0) is 8.55. The molecule has 0 saturated carbocycles. The molecule has 60 valence electrons. The van der Waals surface area contributed by atoms with Gasteiger partial charge in [0.25, 0.3) is 0 Å². The number of rotatable bonds is 1. The number of aromatic nitrogens is 2. The van der Waals surface area contributed by atoms with Gasteiger partial charge >= 0.3 is 0 Å². The van der Waals surface area contributed by atoms with Gasteiger partial charge in [-0.25, -0.2) is 4.98 Å². The molecule has 3 heteroatoms. The molecule has 0 fully saturated rings. The first-order valence-corrected chi connectivity index (χ1v) is 3.70. The fourth-order valence-corrected chi connectivity index (χ4v) is 1.28. The van der Waals surface area contributed by atoms with Crippen LogP contribution in [-0.4, -0.2) is 15.7 Å². The largest absolute Gasteiger partial charge is 0.297 e. The van der Waals surface area contributed by atoms with Crippen LogP contribution in [0.1, 0.15) is 16.1 Å². The number of fused-ring (bicyclic) bond motifs is 1. The van der Waals surface area contributed by atoms with Crippen LogP contribution in [0.25, 0.3) is 5.65 Å². The van der Waals surface area contributed by atoms with Crippen LogP contribution in [0, 0.1) is 6.92 Å². The van der Waals surface area contributed by atoms with E-state index in [1.807, 2.05) is 19.1 Å². The highest BCUT2D eigenvalue weighted by Gasteiger charge is 1.99. The molecule has 2 aromatic rings. The molecule has 0 unspecified atom stereocenters. The Morgan fingerprint density at radius 1 is 1.50 bits per heavy atom. The maximum absolute atomic E-state index is 10.6. The maximum Gasteiger partial charge on any atom is 0.166 e. The third-order valence-electron chi connectivity index (χ3n) is 1.80. The average Bonchev–Trinajstić information content (AvgIpc) is 2.50. The van der Waals surface area contributed by atoms with Crippen LogP contribution in [-0.2, 0) is 0 Å². The van der Waals surface area contributed by atoms with Gasteiger partial charge in [-0.15, -0.1) is 0 Å². The molecule has 0 spiro atoms. The second-order valence-electron chi connectivity index (χ2n) is 2.73. The maximum atomic E-state index is 10.6. The van der Waals surface area contributed by atoms with E-state index >= 15 is 0 Å². The van der Waals surface area contributed by atoms with Gasteiger partial charge in [0.1, 0.15) is 5.65 Å². The minimum atomic E-state index is 0.641. The lowest BCUT2D eigenvalue weighted by molar-refractivity contribution is 0.111. The molecule has 0 N–H and O–H groups in total. The molecule has 0 bridgehead atoms.